The summed E-state index contributed by atoms with van der Waals surface area (Å²) >= 11 is 0. The highest BCUT2D eigenvalue weighted by molar-refractivity contribution is 5.96. The SMILES string of the molecule is COC(=O)NC(Cc1ccccc1)C(=O)Nc1nc2ccccc2[nH]1. The van der Waals surface area contributed by atoms with Crippen LogP contribution in [0.4, 0.5) is 10.7 Å². The van der Waals surface area contributed by atoms with Crippen molar-refractivity contribution in [3.8, 4) is 0 Å². The Labute approximate surface area is 144 Å². The number of hydrogen-bond acceptors (Lipinski definition) is 4. The fourth-order valence-corrected chi connectivity index (χ4v) is 2.48. The minimum absolute atomic E-state index is 0.330. The number of anilines is 1. The zero-order valence-corrected chi connectivity index (χ0v) is 13.7. The van der Waals surface area contributed by atoms with Gasteiger partial charge in [0.2, 0.25) is 11.9 Å². The maximum Gasteiger partial charge on any atom is 0.407 e. The number of benzene rings is 2. The summed E-state index contributed by atoms with van der Waals surface area (Å²) in [6.45, 7) is 0. The lowest BCUT2D eigenvalue weighted by molar-refractivity contribution is -0.118. The van der Waals surface area contributed by atoms with Gasteiger partial charge in [0.1, 0.15) is 6.04 Å². The van der Waals surface area contributed by atoms with E-state index in [1.807, 2.05) is 54.6 Å². The van der Waals surface area contributed by atoms with E-state index in [-0.39, 0.29) is 5.91 Å². The number of amides is 2. The van der Waals surface area contributed by atoms with E-state index in [0.29, 0.717) is 12.4 Å². The number of aromatic amines is 1. The molecule has 1 heterocycles. The molecule has 3 N–H and O–H groups in total. The van der Waals surface area contributed by atoms with Crippen molar-refractivity contribution < 1.29 is 14.3 Å². The Morgan fingerprint density at radius 3 is 2.56 bits per heavy atom. The van der Waals surface area contributed by atoms with Gasteiger partial charge in [0.15, 0.2) is 0 Å². The lowest BCUT2D eigenvalue weighted by Crippen LogP contribution is -2.45. The van der Waals surface area contributed by atoms with Crippen LogP contribution in [0.5, 0.6) is 0 Å². The molecule has 0 aliphatic rings. The first-order valence-corrected chi connectivity index (χ1v) is 7.80. The zero-order valence-electron chi connectivity index (χ0n) is 13.7. The van der Waals surface area contributed by atoms with Crippen molar-refractivity contribution in [3.05, 3.63) is 60.2 Å². The van der Waals surface area contributed by atoms with Crippen LogP contribution in [0.25, 0.3) is 11.0 Å². The summed E-state index contributed by atoms with van der Waals surface area (Å²) in [5.74, 6) is -0.0516. The molecule has 7 nitrogen and oxygen atoms in total. The molecule has 0 radical (unpaired) electrons. The second kappa shape index (κ2) is 7.48. The first-order valence-electron chi connectivity index (χ1n) is 7.80. The Morgan fingerprint density at radius 1 is 1.12 bits per heavy atom. The Bertz CT molecular complexity index is 843. The summed E-state index contributed by atoms with van der Waals surface area (Å²) in [4.78, 5) is 31.5. The van der Waals surface area contributed by atoms with Crippen LogP contribution in [0.2, 0.25) is 0 Å². The van der Waals surface area contributed by atoms with Crippen molar-refractivity contribution in [2.45, 2.75) is 12.5 Å². The van der Waals surface area contributed by atoms with Crippen molar-refractivity contribution in [2.75, 3.05) is 12.4 Å². The largest absolute Gasteiger partial charge is 0.453 e. The number of nitrogens with one attached hydrogen (secondary N) is 3. The van der Waals surface area contributed by atoms with Crippen molar-refractivity contribution in [2.24, 2.45) is 0 Å². The molecule has 3 aromatic rings. The molecular weight excluding hydrogens is 320 g/mol. The second-order valence-electron chi connectivity index (χ2n) is 5.47. The summed E-state index contributed by atoms with van der Waals surface area (Å²) in [6, 6.07) is 16.1. The minimum Gasteiger partial charge on any atom is -0.453 e. The van der Waals surface area contributed by atoms with Gasteiger partial charge in [0.25, 0.3) is 0 Å². The number of hydrogen-bond donors (Lipinski definition) is 3. The summed E-state index contributed by atoms with van der Waals surface area (Å²) < 4.78 is 4.61. The molecule has 7 heteroatoms. The van der Waals surface area contributed by atoms with Crippen LogP contribution in [-0.2, 0) is 16.0 Å². The van der Waals surface area contributed by atoms with Crippen LogP contribution >= 0.6 is 0 Å². The number of carbonyl (C=O) groups excluding carboxylic acids is 2. The highest BCUT2D eigenvalue weighted by Crippen LogP contribution is 2.14. The van der Waals surface area contributed by atoms with Crippen LogP contribution in [0, 0.1) is 0 Å². The van der Waals surface area contributed by atoms with Gasteiger partial charge < -0.3 is 15.0 Å². The van der Waals surface area contributed by atoms with Crippen molar-refractivity contribution in [3.63, 3.8) is 0 Å². The molecule has 0 spiro atoms. The van der Waals surface area contributed by atoms with E-state index in [0.717, 1.165) is 16.6 Å². The lowest BCUT2D eigenvalue weighted by atomic mass is 10.1. The maximum absolute atomic E-state index is 12.6. The lowest BCUT2D eigenvalue weighted by Gasteiger charge is -2.17. The number of H-pyrrole nitrogens is 1. The van der Waals surface area contributed by atoms with Gasteiger partial charge in [-0.2, -0.15) is 0 Å². The average molecular weight is 338 g/mol. The predicted octanol–water partition coefficient (Wildman–Crippen LogP) is 2.47. The number of imidazole rings is 1. The predicted molar refractivity (Wildman–Crippen MR) is 94.2 cm³/mol. The van der Waals surface area contributed by atoms with E-state index in [4.69, 9.17) is 0 Å². The third kappa shape index (κ3) is 4.14. The van der Waals surface area contributed by atoms with E-state index < -0.39 is 12.1 Å². The molecule has 0 bridgehead atoms. The van der Waals surface area contributed by atoms with Crippen molar-refractivity contribution >= 4 is 29.0 Å². The summed E-state index contributed by atoms with van der Waals surface area (Å²) in [5.41, 5.74) is 2.49. The van der Waals surface area contributed by atoms with Crippen LogP contribution in [0.1, 0.15) is 5.56 Å². The molecule has 2 amide bonds. The third-order valence-electron chi connectivity index (χ3n) is 3.71. The highest BCUT2D eigenvalue weighted by atomic mass is 16.5. The Balaban J connectivity index is 1.76. The molecule has 1 atom stereocenters. The molecule has 2 aromatic carbocycles. The van der Waals surface area contributed by atoms with Crippen LogP contribution in [0.3, 0.4) is 0 Å². The highest BCUT2D eigenvalue weighted by Gasteiger charge is 2.22. The fourth-order valence-electron chi connectivity index (χ4n) is 2.48. The standard InChI is InChI=1S/C18H18N4O3/c1-25-18(24)21-15(11-12-7-3-2-4-8-12)16(23)22-17-19-13-9-5-6-10-14(13)20-17/h2-10,15H,11H2,1H3,(H,21,24)(H2,19,20,22,23). The number of para-hydroxylation sites is 2. The van der Waals surface area contributed by atoms with Crippen LogP contribution < -0.4 is 10.6 Å². The molecule has 1 unspecified atom stereocenters. The van der Waals surface area contributed by atoms with Gasteiger partial charge in [-0.15, -0.1) is 0 Å². The summed E-state index contributed by atoms with van der Waals surface area (Å²) in [7, 11) is 1.26. The number of carbonyl (C=O) groups is 2. The zero-order chi connectivity index (χ0) is 17.6. The van der Waals surface area contributed by atoms with Gasteiger partial charge in [-0.3, -0.25) is 10.1 Å². The first kappa shape index (κ1) is 16.5. The summed E-state index contributed by atoms with van der Waals surface area (Å²) in [5, 5.41) is 5.26. The molecule has 0 aliphatic carbocycles. The quantitative estimate of drug-likeness (QED) is 0.666. The van der Waals surface area contributed by atoms with Crippen molar-refractivity contribution in [1.82, 2.24) is 15.3 Å². The third-order valence-corrected chi connectivity index (χ3v) is 3.71. The van der Waals surface area contributed by atoms with E-state index in [9.17, 15) is 9.59 Å². The van der Waals surface area contributed by atoms with E-state index >= 15 is 0 Å². The normalized spacial score (nSPS) is 11.7. The fraction of sp³-hybridized carbons (Fsp3) is 0.167. The van der Waals surface area contributed by atoms with Gasteiger partial charge in [-0.1, -0.05) is 42.5 Å². The number of ether oxygens (including phenoxy) is 1. The number of fused-ring (bicyclic) bond motifs is 1. The molecule has 3 rings (SSSR count). The van der Waals surface area contributed by atoms with E-state index in [1.165, 1.54) is 7.11 Å². The molecule has 0 saturated carbocycles. The Hall–Kier alpha value is -3.35. The van der Waals surface area contributed by atoms with Gasteiger partial charge in [-0.05, 0) is 17.7 Å². The molecule has 25 heavy (non-hydrogen) atoms. The van der Waals surface area contributed by atoms with Crippen molar-refractivity contribution in [1.29, 1.82) is 0 Å². The van der Waals surface area contributed by atoms with Gasteiger partial charge >= 0.3 is 6.09 Å². The smallest absolute Gasteiger partial charge is 0.407 e. The molecule has 1 aromatic heterocycles. The summed E-state index contributed by atoms with van der Waals surface area (Å²) in [6.07, 6.45) is -0.331. The molecule has 0 saturated heterocycles. The number of alkyl carbamates (subject to hydrolysis) is 1. The Kier molecular flexibility index (Phi) is 4.94. The maximum atomic E-state index is 12.6. The number of aromatic nitrogens is 2. The molecule has 0 fully saturated rings. The molecule has 128 valence electrons. The molecular formula is C18H18N4O3. The second-order valence-corrected chi connectivity index (χ2v) is 5.47. The number of methoxy groups -OCH3 is 1. The Morgan fingerprint density at radius 2 is 1.84 bits per heavy atom. The van der Waals surface area contributed by atoms with Crippen LogP contribution in [-0.4, -0.2) is 35.1 Å². The van der Waals surface area contributed by atoms with Gasteiger partial charge in [0, 0.05) is 6.42 Å². The number of rotatable bonds is 5. The van der Waals surface area contributed by atoms with E-state index in [2.05, 4.69) is 25.3 Å². The van der Waals surface area contributed by atoms with Crippen LogP contribution in [0.15, 0.2) is 54.6 Å². The minimum atomic E-state index is -0.789. The molecule has 0 aliphatic heterocycles. The van der Waals surface area contributed by atoms with Gasteiger partial charge in [0.05, 0.1) is 18.1 Å². The monoisotopic (exact) mass is 338 g/mol. The van der Waals surface area contributed by atoms with Gasteiger partial charge in [-0.25, -0.2) is 9.78 Å². The topological polar surface area (TPSA) is 96.1 Å². The first-order chi connectivity index (χ1) is 12.2. The number of nitrogens with zero attached hydrogens (tertiary/aromatic N) is 1. The average Bonchev–Trinajstić information content (AvgIpc) is 3.04. The van der Waals surface area contributed by atoms with E-state index in [1.54, 1.807) is 0 Å².